The Labute approximate surface area is 178 Å². The molecule has 0 radical (unpaired) electrons. The molecule has 0 aliphatic carbocycles. The van der Waals surface area contributed by atoms with Crippen LogP contribution in [0.25, 0.3) is 27.6 Å². The van der Waals surface area contributed by atoms with Crippen LogP contribution in [0.1, 0.15) is 0 Å². The summed E-state index contributed by atoms with van der Waals surface area (Å²) in [6.45, 7) is 0. The van der Waals surface area contributed by atoms with E-state index in [2.05, 4.69) is 10.1 Å². The summed E-state index contributed by atoms with van der Waals surface area (Å²) in [6, 6.07) is 17.5. The Balaban J connectivity index is 1.73. The van der Waals surface area contributed by atoms with Crippen LogP contribution in [0.5, 0.6) is 5.75 Å². The number of ether oxygens (including phenoxy) is 1. The molecule has 0 unspecified atom stereocenters. The average Bonchev–Trinajstić information content (AvgIpc) is 3.41. The van der Waals surface area contributed by atoms with Crippen molar-refractivity contribution >= 4 is 23.1 Å². The normalized spacial score (nSPS) is 11.4. The van der Waals surface area contributed by atoms with Gasteiger partial charge in [-0.3, -0.25) is 4.79 Å². The van der Waals surface area contributed by atoms with Gasteiger partial charge in [0, 0.05) is 22.6 Å². The highest BCUT2D eigenvalue weighted by molar-refractivity contribution is 7.12. The molecule has 0 fully saturated rings. The van der Waals surface area contributed by atoms with Crippen molar-refractivity contribution in [3.8, 4) is 33.4 Å². The lowest BCUT2D eigenvalue weighted by Crippen LogP contribution is -2.30. The minimum Gasteiger partial charge on any atom is -0.497 e. The molecule has 2 aromatic heterocycles. The van der Waals surface area contributed by atoms with Crippen molar-refractivity contribution in [1.82, 2.24) is 14.8 Å². The van der Waals surface area contributed by atoms with Crippen molar-refractivity contribution in [3.05, 3.63) is 66.0 Å². The van der Waals surface area contributed by atoms with Gasteiger partial charge in [-0.15, -0.1) is 11.3 Å². The molecule has 0 saturated carbocycles. The van der Waals surface area contributed by atoms with E-state index in [9.17, 15) is 18.0 Å². The number of nitrogens with zero attached hydrogens (tertiary/aromatic N) is 3. The van der Waals surface area contributed by atoms with Crippen LogP contribution in [0.4, 0.5) is 19.0 Å². The van der Waals surface area contributed by atoms with Crippen molar-refractivity contribution in [2.75, 3.05) is 12.4 Å². The summed E-state index contributed by atoms with van der Waals surface area (Å²) in [6.07, 6.45) is -5.03. The second kappa shape index (κ2) is 8.23. The molecule has 0 aliphatic heterocycles. The molecule has 0 saturated heterocycles. The highest BCUT2D eigenvalue weighted by atomic mass is 32.1. The molecule has 4 rings (SSSR count). The van der Waals surface area contributed by atoms with Crippen LogP contribution in [-0.2, 0) is 4.79 Å². The van der Waals surface area contributed by atoms with E-state index in [4.69, 9.17) is 4.74 Å². The zero-order valence-corrected chi connectivity index (χ0v) is 16.9. The van der Waals surface area contributed by atoms with Crippen LogP contribution in [0.15, 0.2) is 66.0 Å². The van der Waals surface area contributed by atoms with E-state index in [-0.39, 0.29) is 5.82 Å². The van der Waals surface area contributed by atoms with Crippen LogP contribution in [-0.4, -0.2) is 34.0 Å². The summed E-state index contributed by atoms with van der Waals surface area (Å²) >= 11 is 1.19. The Hall–Kier alpha value is -3.66. The molecule has 0 spiro atoms. The molecule has 0 aliphatic rings. The molecule has 4 aromatic rings. The van der Waals surface area contributed by atoms with Gasteiger partial charge < -0.3 is 10.1 Å². The third-order valence-electron chi connectivity index (χ3n) is 4.34. The zero-order valence-electron chi connectivity index (χ0n) is 16.1. The quantitative estimate of drug-likeness (QED) is 0.461. The van der Waals surface area contributed by atoms with Gasteiger partial charge in [-0.05, 0) is 24.3 Å². The Morgan fingerprint density at radius 2 is 1.71 bits per heavy atom. The van der Waals surface area contributed by atoms with Gasteiger partial charge in [0.25, 0.3) is 0 Å². The van der Waals surface area contributed by atoms with Crippen LogP contribution >= 0.6 is 11.3 Å². The molecule has 2 heterocycles. The van der Waals surface area contributed by atoms with E-state index in [1.54, 1.807) is 48.9 Å². The van der Waals surface area contributed by atoms with Gasteiger partial charge in [0.05, 0.1) is 18.5 Å². The monoisotopic (exact) mass is 444 g/mol. The predicted molar refractivity (Wildman–Crippen MR) is 111 cm³/mol. The van der Waals surface area contributed by atoms with Gasteiger partial charge in [-0.2, -0.15) is 23.0 Å². The fraction of sp³-hybridized carbons (Fsp3) is 0.0952. The average molecular weight is 444 g/mol. The van der Waals surface area contributed by atoms with Crippen LogP contribution in [0, 0.1) is 0 Å². The summed E-state index contributed by atoms with van der Waals surface area (Å²) in [4.78, 5) is 16.0. The Bertz CT molecular complexity index is 1200. The van der Waals surface area contributed by atoms with Crippen molar-refractivity contribution in [2.45, 2.75) is 6.18 Å². The molecule has 0 bridgehead atoms. The number of benzene rings is 2. The maximum atomic E-state index is 12.8. The largest absolute Gasteiger partial charge is 0.497 e. The standard InChI is InChI=1S/C21H15F3N4O2S/c1-30-15-9-7-14(8-10-15)17-12-31-20(25-17)28-18(26-19(29)21(22,23)24)11-16(27-28)13-5-3-2-4-6-13/h2-12H,1H3,(H,26,29). The first kappa shape index (κ1) is 20.6. The number of carbonyl (C=O) groups excluding carboxylic acids is 1. The molecule has 6 nitrogen and oxygen atoms in total. The Morgan fingerprint density at radius 3 is 2.35 bits per heavy atom. The molecule has 1 amide bonds. The first-order valence-electron chi connectivity index (χ1n) is 8.99. The molecule has 1 N–H and O–H groups in total. The first-order chi connectivity index (χ1) is 14.8. The smallest absolute Gasteiger partial charge is 0.471 e. The highest BCUT2D eigenvalue weighted by Crippen LogP contribution is 2.30. The van der Waals surface area contributed by atoms with Gasteiger partial charge in [0.2, 0.25) is 5.13 Å². The predicted octanol–water partition coefficient (Wildman–Crippen LogP) is 5.17. The van der Waals surface area contributed by atoms with Gasteiger partial charge in [-0.1, -0.05) is 30.3 Å². The first-order valence-corrected chi connectivity index (χ1v) is 9.87. The second-order valence-electron chi connectivity index (χ2n) is 6.39. The number of hydrogen-bond acceptors (Lipinski definition) is 5. The van der Waals surface area contributed by atoms with Crippen molar-refractivity contribution in [1.29, 1.82) is 0 Å². The van der Waals surface area contributed by atoms with Gasteiger partial charge >= 0.3 is 12.1 Å². The van der Waals surface area contributed by atoms with E-state index in [0.717, 1.165) is 5.56 Å². The van der Waals surface area contributed by atoms with E-state index in [0.29, 0.717) is 27.8 Å². The summed E-state index contributed by atoms with van der Waals surface area (Å²) in [5.41, 5.74) is 2.52. The lowest BCUT2D eigenvalue weighted by molar-refractivity contribution is -0.167. The second-order valence-corrected chi connectivity index (χ2v) is 7.22. The molecular weight excluding hydrogens is 429 g/mol. The number of hydrogen-bond donors (Lipinski definition) is 1. The minimum atomic E-state index is -5.03. The Morgan fingerprint density at radius 1 is 1.03 bits per heavy atom. The van der Waals surface area contributed by atoms with E-state index in [1.165, 1.54) is 22.1 Å². The minimum absolute atomic E-state index is 0.128. The zero-order chi connectivity index (χ0) is 22.0. The van der Waals surface area contributed by atoms with Crippen LogP contribution < -0.4 is 10.1 Å². The van der Waals surface area contributed by atoms with Crippen molar-refractivity contribution in [3.63, 3.8) is 0 Å². The van der Waals surface area contributed by atoms with Crippen molar-refractivity contribution < 1.29 is 22.7 Å². The SMILES string of the molecule is COc1ccc(-c2csc(-n3nc(-c4ccccc4)cc3NC(=O)C(F)(F)F)n2)cc1. The van der Waals surface area contributed by atoms with Gasteiger partial charge in [0.15, 0.2) is 0 Å². The summed E-state index contributed by atoms with van der Waals surface area (Å²) in [7, 11) is 1.56. The van der Waals surface area contributed by atoms with Crippen LogP contribution in [0.3, 0.4) is 0 Å². The highest BCUT2D eigenvalue weighted by Gasteiger charge is 2.39. The molecule has 0 atom stereocenters. The fourth-order valence-corrected chi connectivity index (χ4v) is 3.60. The van der Waals surface area contributed by atoms with E-state index < -0.39 is 12.1 Å². The number of aromatic nitrogens is 3. The van der Waals surface area contributed by atoms with Crippen LogP contribution in [0.2, 0.25) is 0 Å². The third kappa shape index (κ3) is 4.43. The van der Waals surface area contributed by atoms with Gasteiger partial charge in [0.1, 0.15) is 11.6 Å². The summed E-state index contributed by atoms with van der Waals surface area (Å²) < 4.78 is 44.8. The molecule has 10 heteroatoms. The molecular formula is C21H15F3N4O2S. The lowest BCUT2D eigenvalue weighted by Gasteiger charge is -2.08. The number of amides is 1. The Kier molecular flexibility index (Phi) is 5.47. The summed E-state index contributed by atoms with van der Waals surface area (Å²) in [5.74, 6) is -1.52. The van der Waals surface area contributed by atoms with Gasteiger partial charge in [-0.25, -0.2) is 4.98 Å². The van der Waals surface area contributed by atoms with Crippen molar-refractivity contribution in [2.24, 2.45) is 0 Å². The number of anilines is 1. The third-order valence-corrected chi connectivity index (χ3v) is 5.15. The number of nitrogens with one attached hydrogen (secondary N) is 1. The topological polar surface area (TPSA) is 69.0 Å². The maximum Gasteiger partial charge on any atom is 0.471 e. The molecule has 31 heavy (non-hydrogen) atoms. The molecule has 2 aromatic carbocycles. The number of methoxy groups -OCH3 is 1. The fourth-order valence-electron chi connectivity index (χ4n) is 2.81. The number of carbonyl (C=O) groups is 1. The number of halogens is 3. The van der Waals surface area contributed by atoms with E-state index >= 15 is 0 Å². The lowest BCUT2D eigenvalue weighted by atomic mass is 10.2. The summed E-state index contributed by atoms with van der Waals surface area (Å²) in [5, 5.41) is 8.34. The number of rotatable bonds is 5. The van der Waals surface area contributed by atoms with E-state index in [1.807, 2.05) is 23.5 Å². The molecule has 158 valence electrons. The number of thiazole rings is 1. The number of alkyl halides is 3. The maximum absolute atomic E-state index is 12.8.